The number of halogens is 1. The van der Waals surface area contributed by atoms with Gasteiger partial charge in [0.25, 0.3) is 0 Å². The Morgan fingerprint density at radius 3 is 2.74 bits per heavy atom. The zero-order valence-corrected chi connectivity index (χ0v) is 17.0. The molecule has 2 aromatic carbocycles. The maximum absolute atomic E-state index is 12.2. The lowest BCUT2D eigenvalue weighted by molar-refractivity contribution is -0.113. The summed E-state index contributed by atoms with van der Waals surface area (Å²) in [5.74, 6) is 7.39. The van der Waals surface area contributed by atoms with Crippen molar-refractivity contribution < 1.29 is 9.53 Å². The number of nitrogen functional groups attached to an aromatic ring is 1. The number of thioether (sulfide) groups is 1. The van der Waals surface area contributed by atoms with Crippen molar-refractivity contribution in [2.24, 2.45) is 0 Å². The average molecular weight is 448 g/mol. The Morgan fingerprint density at radius 1 is 1.26 bits per heavy atom. The summed E-state index contributed by atoms with van der Waals surface area (Å²) in [5.41, 5.74) is 1.54. The van der Waals surface area contributed by atoms with Crippen LogP contribution in [-0.2, 0) is 4.79 Å². The zero-order chi connectivity index (χ0) is 19.2. The summed E-state index contributed by atoms with van der Waals surface area (Å²) < 4.78 is 7.69. The van der Waals surface area contributed by atoms with Crippen molar-refractivity contribution in [3.05, 3.63) is 53.0 Å². The third-order valence-corrected chi connectivity index (χ3v) is 4.97. The van der Waals surface area contributed by atoms with Crippen molar-refractivity contribution in [2.45, 2.75) is 12.1 Å². The fraction of sp³-hybridized carbons (Fsp3) is 0.167. The monoisotopic (exact) mass is 447 g/mol. The van der Waals surface area contributed by atoms with Gasteiger partial charge in [-0.25, -0.2) is 4.68 Å². The van der Waals surface area contributed by atoms with Gasteiger partial charge in [0.15, 0.2) is 5.82 Å². The van der Waals surface area contributed by atoms with Crippen LogP contribution >= 0.6 is 27.7 Å². The minimum Gasteiger partial charge on any atom is -0.494 e. The molecule has 0 aliphatic carbocycles. The fourth-order valence-corrected chi connectivity index (χ4v) is 3.38. The van der Waals surface area contributed by atoms with Gasteiger partial charge in [-0.2, -0.15) is 0 Å². The predicted octanol–water partition coefficient (Wildman–Crippen LogP) is 3.55. The van der Waals surface area contributed by atoms with E-state index in [4.69, 9.17) is 10.6 Å². The van der Waals surface area contributed by atoms with Crippen LogP contribution < -0.4 is 15.9 Å². The lowest BCUT2D eigenvalue weighted by atomic mass is 10.2. The quantitative estimate of drug-likeness (QED) is 0.424. The van der Waals surface area contributed by atoms with Crippen LogP contribution in [0.1, 0.15) is 6.92 Å². The van der Waals surface area contributed by atoms with E-state index in [2.05, 4.69) is 31.4 Å². The van der Waals surface area contributed by atoms with Crippen LogP contribution in [0.5, 0.6) is 5.75 Å². The lowest BCUT2D eigenvalue weighted by Crippen LogP contribution is -2.16. The van der Waals surface area contributed by atoms with Crippen molar-refractivity contribution in [1.82, 2.24) is 14.9 Å². The molecule has 0 aliphatic rings. The van der Waals surface area contributed by atoms with E-state index in [1.54, 1.807) is 12.1 Å². The van der Waals surface area contributed by atoms with E-state index in [1.165, 1.54) is 16.4 Å². The Balaban J connectivity index is 1.59. The van der Waals surface area contributed by atoms with E-state index in [0.717, 1.165) is 15.8 Å². The summed E-state index contributed by atoms with van der Waals surface area (Å²) in [7, 11) is 0. The summed E-state index contributed by atoms with van der Waals surface area (Å²) in [6, 6.07) is 14.8. The molecule has 0 radical (unpaired) electrons. The maximum atomic E-state index is 12.2. The topological polar surface area (TPSA) is 95.1 Å². The Kier molecular flexibility index (Phi) is 6.36. The first-order valence-electron chi connectivity index (χ1n) is 8.18. The highest BCUT2D eigenvalue weighted by Crippen LogP contribution is 2.24. The molecule has 3 rings (SSSR count). The van der Waals surface area contributed by atoms with Gasteiger partial charge in [-0.3, -0.25) is 4.79 Å². The first-order chi connectivity index (χ1) is 13.1. The molecule has 140 valence electrons. The van der Waals surface area contributed by atoms with Crippen LogP contribution in [0, 0.1) is 0 Å². The van der Waals surface area contributed by atoms with E-state index >= 15 is 0 Å². The van der Waals surface area contributed by atoms with Crippen molar-refractivity contribution >= 4 is 39.3 Å². The van der Waals surface area contributed by atoms with E-state index in [9.17, 15) is 4.79 Å². The summed E-state index contributed by atoms with van der Waals surface area (Å²) in [6.45, 7) is 2.52. The van der Waals surface area contributed by atoms with Crippen LogP contribution in [-0.4, -0.2) is 33.1 Å². The molecule has 0 bridgehead atoms. The number of carbonyl (C=O) groups is 1. The molecule has 1 aromatic heterocycles. The number of anilines is 1. The number of hydrogen-bond donors (Lipinski definition) is 2. The molecule has 0 fully saturated rings. The van der Waals surface area contributed by atoms with E-state index in [1.807, 2.05) is 43.3 Å². The van der Waals surface area contributed by atoms with Crippen molar-refractivity contribution in [3.8, 4) is 17.1 Å². The highest BCUT2D eigenvalue weighted by atomic mass is 79.9. The van der Waals surface area contributed by atoms with Gasteiger partial charge < -0.3 is 15.9 Å². The molecular formula is C18H18BrN5O2S. The first kappa shape index (κ1) is 19.2. The number of nitrogens with one attached hydrogen (secondary N) is 1. The van der Waals surface area contributed by atoms with E-state index in [-0.39, 0.29) is 11.7 Å². The van der Waals surface area contributed by atoms with Gasteiger partial charge in [-0.15, -0.1) is 10.2 Å². The third-order valence-electron chi connectivity index (χ3n) is 3.53. The molecule has 0 saturated carbocycles. The summed E-state index contributed by atoms with van der Waals surface area (Å²) >= 11 is 4.64. The molecule has 0 saturated heterocycles. The normalized spacial score (nSPS) is 10.6. The average Bonchev–Trinajstić information content (AvgIpc) is 3.02. The molecule has 0 spiro atoms. The molecule has 3 aromatic rings. The number of carbonyl (C=O) groups excluding carboxylic acids is 1. The second-order valence-corrected chi connectivity index (χ2v) is 7.34. The Hall–Kier alpha value is -2.52. The van der Waals surface area contributed by atoms with Crippen LogP contribution in [0.3, 0.4) is 0 Å². The highest BCUT2D eigenvalue weighted by molar-refractivity contribution is 9.10. The SMILES string of the molecule is CCOc1ccc(NC(=O)CSc2nnc(-c3cccc(Br)c3)n2N)cc1. The number of amides is 1. The van der Waals surface area contributed by atoms with Crippen LogP contribution in [0.4, 0.5) is 5.69 Å². The molecule has 0 aliphatic heterocycles. The lowest BCUT2D eigenvalue weighted by Gasteiger charge is -2.07. The number of benzene rings is 2. The Bertz CT molecular complexity index is 930. The second-order valence-electron chi connectivity index (χ2n) is 5.48. The summed E-state index contributed by atoms with van der Waals surface area (Å²) in [6.07, 6.45) is 0. The van der Waals surface area contributed by atoms with E-state index in [0.29, 0.717) is 23.3 Å². The summed E-state index contributed by atoms with van der Waals surface area (Å²) in [5, 5.41) is 11.5. The van der Waals surface area contributed by atoms with Gasteiger partial charge in [0, 0.05) is 15.7 Å². The van der Waals surface area contributed by atoms with Crippen LogP contribution in [0.25, 0.3) is 11.4 Å². The number of ether oxygens (including phenoxy) is 1. The molecule has 9 heteroatoms. The minimum absolute atomic E-state index is 0.156. The minimum atomic E-state index is -0.156. The van der Waals surface area contributed by atoms with Crippen molar-refractivity contribution in [2.75, 3.05) is 23.5 Å². The number of rotatable bonds is 7. The Morgan fingerprint density at radius 2 is 2.04 bits per heavy atom. The zero-order valence-electron chi connectivity index (χ0n) is 14.6. The highest BCUT2D eigenvalue weighted by Gasteiger charge is 2.14. The van der Waals surface area contributed by atoms with Gasteiger partial charge >= 0.3 is 0 Å². The molecule has 3 N–H and O–H groups in total. The molecule has 7 nitrogen and oxygen atoms in total. The van der Waals surface area contributed by atoms with Crippen LogP contribution in [0.2, 0.25) is 0 Å². The first-order valence-corrected chi connectivity index (χ1v) is 9.96. The van der Waals surface area contributed by atoms with Gasteiger partial charge in [-0.05, 0) is 43.3 Å². The van der Waals surface area contributed by atoms with Gasteiger partial charge in [0.2, 0.25) is 11.1 Å². The number of aromatic nitrogens is 3. The predicted molar refractivity (Wildman–Crippen MR) is 110 cm³/mol. The summed E-state index contributed by atoms with van der Waals surface area (Å²) in [4.78, 5) is 12.2. The Labute approximate surface area is 169 Å². The smallest absolute Gasteiger partial charge is 0.234 e. The van der Waals surface area contributed by atoms with Crippen LogP contribution in [0.15, 0.2) is 58.2 Å². The number of hydrogen-bond acceptors (Lipinski definition) is 6. The molecule has 1 heterocycles. The van der Waals surface area contributed by atoms with Crippen molar-refractivity contribution in [3.63, 3.8) is 0 Å². The second kappa shape index (κ2) is 8.92. The third kappa shape index (κ3) is 5.01. The molecule has 27 heavy (non-hydrogen) atoms. The molecule has 1 amide bonds. The van der Waals surface area contributed by atoms with Gasteiger partial charge in [0.05, 0.1) is 12.4 Å². The number of nitrogens with zero attached hydrogens (tertiary/aromatic N) is 3. The molecule has 0 atom stereocenters. The van der Waals surface area contributed by atoms with Gasteiger partial charge in [-0.1, -0.05) is 39.8 Å². The van der Waals surface area contributed by atoms with Gasteiger partial charge in [0.1, 0.15) is 5.75 Å². The largest absolute Gasteiger partial charge is 0.494 e. The maximum Gasteiger partial charge on any atom is 0.234 e. The molecular weight excluding hydrogens is 430 g/mol. The molecule has 0 unspecified atom stereocenters. The van der Waals surface area contributed by atoms with Crippen molar-refractivity contribution in [1.29, 1.82) is 0 Å². The standard InChI is InChI=1S/C18H18BrN5O2S/c1-2-26-15-8-6-14(7-9-15)21-16(25)11-27-18-23-22-17(24(18)20)12-4-3-5-13(19)10-12/h3-10H,2,11,20H2,1H3,(H,21,25). The van der Waals surface area contributed by atoms with E-state index < -0.39 is 0 Å². The number of nitrogens with two attached hydrogens (primary N) is 1. The fourth-order valence-electron chi connectivity index (χ4n) is 2.33.